The van der Waals surface area contributed by atoms with Gasteiger partial charge in [0.2, 0.25) is 5.91 Å². The van der Waals surface area contributed by atoms with Crippen molar-refractivity contribution in [2.45, 2.75) is 0 Å². The van der Waals surface area contributed by atoms with Gasteiger partial charge in [0.05, 0.1) is 11.4 Å². The second-order valence-corrected chi connectivity index (χ2v) is 6.69. The minimum Gasteiger partial charge on any atom is -0.355 e. The molecule has 1 N–H and O–H groups in total. The Balaban J connectivity index is 1.24. The highest BCUT2D eigenvalue weighted by molar-refractivity contribution is 5.96. The third-order valence-corrected chi connectivity index (χ3v) is 4.82. The number of amides is 1. The maximum Gasteiger partial charge on any atom is 0.231 e. The molecule has 1 fully saturated rings. The van der Waals surface area contributed by atoms with Crippen LogP contribution < -0.4 is 10.2 Å². The second-order valence-electron chi connectivity index (χ2n) is 6.69. The molecule has 1 amide bonds. The first-order valence-corrected chi connectivity index (χ1v) is 8.99. The number of anilines is 2. The van der Waals surface area contributed by atoms with Gasteiger partial charge in [-0.1, -0.05) is 6.07 Å². The van der Waals surface area contributed by atoms with Crippen LogP contribution in [0, 0.1) is 5.92 Å². The van der Waals surface area contributed by atoms with Crippen molar-refractivity contribution < 1.29 is 4.79 Å². The molecule has 0 bridgehead atoms. The van der Waals surface area contributed by atoms with E-state index in [0.717, 1.165) is 22.4 Å². The maximum absolute atomic E-state index is 12.6. The van der Waals surface area contributed by atoms with E-state index in [4.69, 9.17) is 0 Å². The van der Waals surface area contributed by atoms with E-state index in [9.17, 15) is 4.79 Å². The number of hydrogen-bond donors (Lipinski definition) is 1. The summed E-state index contributed by atoms with van der Waals surface area (Å²) >= 11 is 0. The van der Waals surface area contributed by atoms with Gasteiger partial charge in [-0.05, 0) is 30.3 Å². The standard InChI is InChI=1S/C20H17N7O/c28-20(25-16-4-5-17-14(9-16)3-1-6-21-17)15-11-26(12-15)18-10-19(23-13-22-18)27-8-2-7-24-27/h1-10,13,15H,11-12H2,(H,25,28). The number of carbonyl (C=O) groups excluding carboxylic acids is 1. The Morgan fingerprint density at radius 2 is 1.89 bits per heavy atom. The monoisotopic (exact) mass is 371 g/mol. The second kappa shape index (κ2) is 6.73. The van der Waals surface area contributed by atoms with Crippen LogP contribution in [-0.2, 0) is 4.79 Å². The first kappa shape index (κ1) is 16.4. The van der Waals surface area contributed by atoms with E-state index in [1.165, 1.54) is 6.33 Å². The Hall–Kier alpha value is -3.81. The van der Waals surface area contributed by atoms with Gasteiger partial charge in [0.25, 0.3) is 0 Å². The van der Waals surface area contributed by atoms with Crippen LogP contribution in [0.1, 0.15) is 0 Å². The van der Waals surface area contributed by atoms with Gasteiger partial charge in [-0.15, -0.1) is 0 Å². The van der Waals surface area contributed by atoms with E-state index in [1.807, 2.05) is 48.7 Å². The Labute approximate surface area is 160 Å². The lowest BCUT2D eigenvalue weighted by Crippen LogP contribution is -2.52. The van der Waals surface area contributed by atoms with Gasteiger partial charge in [0.15, 0.2) is 5.82 Å². The molecule has 8 heteroatoms. The van der Waals surface area contributed by atoms with E-state index < -0.39 is 0 Å². The van der Waals surface area contributed by atoms with Gasteiger partial charge in [0.1, 0.15) is 12.1 Å². The molecule has 4 heterocycles. The van der Waals surface area contributed by atoms with Crippen molar-refractivity contribution in [2.24, 2.45) is 5.92 Å². The fourth-order valence-corrected chi connectivity index (χ4v) is 3.27. The maximum atomic E-state index is 12.6. The highest BCUT2D eigenvalue weighted by atomic mass is 16.2. The molecule has 8 nitrogen and oxygen atoms in total. The topological polar surface area (TPSA) is 88.8 Å². The predicted molar refractivity (Wildman–Crippen MR) is 105 cm³/mol. The summed E-state index contributed by atoms with van der Waals surface area (Å²) in [6, 6.07) is 13.3. The predicted octanol–water partition coefficient (Wildman–Crippen LogP) is 2.29. The molecule has 1 saturated heterocycles. The van der Waals surface area contributed by atoms with Crippen LogP contribution in [0.15, 0.2) is 67.4 Å². The van der Waals surface area contributed by atoms with E-state index in [-0.39, 0.29) is 11.8 Å². The molecule has 1 aliphatic rings. The minimum atomic E-state index is -0.0762. The highest BCUT2D eigenvalue weighted by Gasteiger charge is 2.33. The third kappa shape index (κ3) is 3.05. The van der Waals surface area contributed by atoms with Crippen molar-refractivity contribution in [3.05, 3.63) is 67.4 Å². The first-order valence-electron chi connectivity index (χ1n) is 8.99. The van der Waals surface area contributed by atoms with Gasteiger partial charge in [-0.3, -0.25) is 9.78 Å². The third-order valence-electron chi connectivity index (χ3n) is 4.82. The number of aromatic nitrogens is 5. The largest absolute Gasteiger partial charge is 0.355 e. The lowest BCUT2D eigenvalue weighted by Gasteiger charge is -2.39. The number of pyridine rings is 1. The fourth-order valence-electron chi connectivity index (χ4n) is 3.27. The van der Waals surface area contributed by atoms with Crippen molar-refractivity contribution in [3.63, 3.8) is 0 Å². The summed E-state index contributed by atoms with van der Waals surface area (Å²) in [5, 5.41) is 8.19. The number of fused-ring (bicyclic) bond motifs is 1. The number of rotatable bonds is 4. The van der Waals surface area contributed by atoms with Crippen molar-refractivity contribution >= 4 is 28.3 Å². The lowest BCUT2D eigenvalue weighted by molar-refractivity contribution is -0.120. The SMILES string of the molecule is O=C(Nc1ccc2ncccc2c1)C1CN(c2cc(-n3cccn3)ncn2)C1. The molecular formula is C20H17N7O. The molecule has 138 valence electrons. The summed E-state index contributed by atoms with van der Waals surface area (Å²) < 4.78 is 1.68. The minimum absolute atomic E-state index is 0.0147. The van der Waals surface area contributed by atoms with Crippen LogP contribution in [0.4, 0.5) is 11.5 Å². The summed E-state index contributed by atoms with van der Waals surface area (Å²) in [4.78, 5) is 27.5. The van der Waals surface area contributed by atoms with Crippen LogP contribution in [0.5, 0.6) is 0 Å². The molecule has 28 heavy (non-hydrogen) atoms. The van der Waals surface area contributed by atoms with E-state index in [0.29, 0.717) is 18.9 Å². The molecule has 3 aromatic heterocycles. The quantitative estimate of drug-likeness (QED) is 0.592. The molecule has 5 rings (SSSR count). The molecule has 4 aromatic rings. The zero-order valence-corrected chi connectivity index (χ0v) is 14.9. The van der Waals surface area contributed by atoms with Gasteiger partial charge < -0.3 is 10.2 Å². The Bertz CT molecular complexity index is 1140. The zero-order chi connectivity index (χ0) is 18.9. The average molecular weight is 371 g/mol. The van der Waals surface area contributed by atoms with E-state index in [1.54, 1.807) is 17.1 Å². The van der Waals surface area contributed by atoms with Gasteiger partial charge in [-0.2, -0.15) is 5.10 Å². The molecule has 0 aliphatic carbocycles. The van der Waals surface area contributed by atoms with Gasteiger partial charge in [-0.25, -0.2) is 14.6 Å². The fraction of sp³-hybridized carbons (Fsp3) is 0.150. The molecule has 0 spiro atoms. The lowest BCUT2D eigenvalue weighted by atomic mass is 9.99. The first-order chi connectivity index (χ1) is 13.8. The van der Waals surface area contributed by atoms with Crippen LogP contribution in [-0.4, -0.2) is 43.7 Å². The summed E-state index contributed by atoms with van der Waals surface area (Å²) in [6.45, 7) is 1.24. The summed E-state index contributed by atoms with van der Waals surface area (Å²) in [5.74, 6) is 1.43. The molecule has 0 saturated carbocycles. The zero-order valence-electron chi connectivity index (χ0n) is 14.9. The van der Waals surface area contributed by atoms with Crippen LogP contribution in [0.25, 0.3) is 16.7 Å². The number of benzene rings is 1. The summed E-state index contributed by atoms with van der Waals surface area (Å²) in [7, 11) is 0. The van der Waals surface area contributed by atoms with Crippen LogP contribution >= 0.6 is 0 Å². The smallest absolute Gasteiger partial charge is 0.231 e. The van der Waals surface area contributed by atoms with Crippen LogP contribution in [0.3, 0.4) is 0 Å². The van der Waals surface area contributed by atoms with Gasteiger partial charge in [0, 0.05) is 48.8 Å². The molecule has 0 atom stereocenters. The van der Waals surface area contributed by atoms with Gasteiger partial charge >= 0.3 is 0 Å². The Morgan fingerprint density at radius 3 is 2.75 bits per heavy atom. The Morgan fingerprint density at radius 1 is 1.00 bits per heavy atom. The average Bonchev–Trinajstić information content (AvgIpc) is 3.22. The molecular weight excluding hydrogens is 354 g/mol. The van der Waals surface area contributed by atoms with E-state index in [2.05, 4.69) is 30.3 Å². The Kier molecular flexibility index (Phi) is 3.93. The van der Waals surface area contributed by atoms with Crippen molar-refractivity contribution in [1.82, 2.24) is 24.7 Å². The molecule has 1 aliphatic heterocycles. The molecule has 0 unspecified atom stereocenters. The summed E-state index contributed by atoms with van der Waals surface area (Å²) in [5.41, 5.74) is 1.69. The number of carbonyl (C=O) groups is 1. The normalized spacial score (nSPS) is 14.1. The number of nitrogens with zero attached hydrogens (tertiary/aromatic N) is 6. The van der Waals surface area contributed by atoms with Crippen molar-refractivity contribution in [2.75, 3.05) is 23.3 Å². The van der Waals surface area contributed by atoms with Crippen LogP contribution in [0.2, 0.25) is 0 Å². The van der Waals surface area contributed by atoms with Crippen molar-refractivity contribution in [1.29, 1.82) is 0 Å². The van der Waals surface area contributed by atoms with E-state index >= 15 is 0 Å². The molecule has 0 radical (unpaired) electrons. The highest BCUT2D eigenvalue weighted by Crippen LogP contribution is 2.25. The molecule has 1 aromatic carbocycles. The number of hydrogen-bond acceptors (Lipinski definition) is 6. The summed E-state index contributed by atoms with van der Waals surface area (Å²) in [6.07, 6.45) is 6.81. The number of nitrogens with one attached hydrogen (secondary N) is 1. The van der Waals surface area contributed by atoms with Crippen molar-refractivity contribution in [3.8, 4) is 5.82 Å².